The van der Waals surface area contributed by atoms with E-state index in [1.54, 1.807) is 4.68 Å². The Balaban J connectivity index is 2.63. The summed E-state index contributed by atoms with van der Waals surface area (Å²) in [5.41, 5.74) is 9.03. The summed E-state index contributed by atoms with van der Waals surface area (Å²) >= 11 is 3.45. The maximum Gasteiger partial charge on any atom is 0.129 e. The maximum absolute atomic E-state index is 5.97. The van der Waals surface area contributed by atoms with E-state index in [4.69, 9.17) is 5.73 Å². The third-order valence-electron chi connectivity index (χ3n) is 2.38. The second-order valence-electron chi connectivity index (χ2n) is 3.48. The molecule has 0 aliphatic heterocycles. The standard InChI is InChI=1S/C11H12BrN3/c1-7-10(11(13)15(2)14-7)8-4-3-5-9(12)6-8/h3-6H,13H2,1-2H3. The Hall–Kier alpha value is -1.29. The molecule has 78 valence electrons. The number of nitrogens with zero attached hydrogens (tertiary/aromatic N) is 2. The molecule has 0 aliphatic carbocycles. The zero-order valence-corrected chi connectivity index (χ0v) is 10.2. The van der Waals surface area contributed by atoms with Crippen molar-refractivity contribution in [1.82, 2.24) is 9.78 Å². The summed E-state index contributed by atoms with van der Waals surface area (Å²) in [6.07, 6.45) is 0. The number of anilines is 1. The lowest BCUT2D eigenvalue weighted by molar-refractivity contribution is 0.767. The molecule has 3 nitrogen and oxygen atoms in total. The monoisotopic (exact) mass is 265 g/mol. The highest BCUT2D eigenvalue weighted by atomic mass is 79.9. The van der Waals surface area contributed by atoms with E-state index in [-0.39, 0.29) is 0 Å². The third kappa shape index (κ3) is 1.77. The number of hydrogen-bond acceptors (Lipinski definition) is 2. The van der Waals surface area contributed by atoms with Gasteiger partial charge in [-0.1, -0.05) is 28.1 Å². The number of aromatic nitrogens is 2. The van der Waals surface area contributed by atoms with Crippen LogP contribution >= 0.6 is 15.9 Å². The highest BCUT2D eigenvalue weighted by Crippen LogP contribution is 2.30. The lowest BCUT2D eigenvalue weighted by Crippen LogP contribution is -1.97. The van der Waals surface area contributed by atoms with Crippen molar-refractivity contribution in [3.8, 4) is 11.1 Å². The molecular weight excluding hydrogens is 254 g/mol. The Bertz CT molecular complexity index is 503. The smallest absolute Gasteiger partial charge is 0.129 e. The van der Waals surface area contributed by atoms with Crippen molar-refractivity contribution in [1.29, 1.82) is 0 Å². The summed E-state index contributed by atoms with van der Waals surface area (Å²) < 4.78 is 2.74. The molecule has 1 heterocycles. The van der Waals surface area contributed by atoms with Gasteiger partial charge in [-0.2, -0.15) is 5.10 Å². The number of halogens is 1. The van der Waals surface area contributed by atoms with Crippen LogP contribution in [0.1, 0.15) is 5.69 Å². The quantitative estimate of drug-likeness (QED) is 0.862. The SMILES string of the molecule is Cc1nn(C)c(N)c1-c1cccc(Br)c1. The lowest BCUT2D eigenvalue weighted by Gasteiger charge is -2.02. The van der Waals surface area contributed by atoms with E-state index in [2.05, 4.69) is 21.0 Å². The average molecular weight is 266 g/mol. The molecule has 0 unspecified atom stereocenters. The van der Waals surface area contributed by atoms with Crippen LogP contribution in [0.4, 0.5) is 5.82 Å². The largest absolute Gasteiger partial charge is 0.383 e. The van der Waals surface area contributed by atoms with E-state index in [0.29, 0.717) is 5.82 Å². The molecule has 2 aromatic rings. The van der Waals surface area contributed by atoms with Gasteiger partial charge in [-0.05, 0) is 24.6 Å². The molecule has 4 heteroatoms. The molecule has 1 aromatic carbocycles. The first-order valence-corrected chi connectivity index (χ1v) is 5.44. The molecule has 0 radical (unpaired) electrons. The zero-order chi connectivity index (χ0) is 11.0. The Morgan fingerprint density at radius 1 is 1.40 bits per heavy atom. The van der Waals surface area contributed by atoms with Gasteiger partial charge in [-0.15, -0.1) is 0 Å². The molecule has 0 atom stereocenters. The van der Waals surface area contributed by atoms with E-state index < -0.39 is 0 Å². The van der Waals surface area contributed by atoms with Crippen LogP contribution in [0.15, 0.2) is 28.7 Å². The first-order valence-electron chi connectivity index (χ1n) is 4.64. The van der Waals surface area contributed by atoms with E-state index in [1.807, 2.05) is 38.2 Å². The third-order valence-corrected chi connectivity index (χ3v) is 2.87. The van der Waals surface area contributed by atoms with Crippen LogP contribution in [0.25, 0.3) is 11.1 Å². The summed E-state index contributed by atoms with van der Waals surface area (Å²) in [6.45, 7) is 1.96. The van der Waals surface area contributed by atoms with Gasteiger partial charge in [0.25, 0.3) is 0 Å². The molecule has 1 aromatic heterocycles. The molecule has 0 saturated heterocycles. The zero-order valence-electron chi connectivity index (χ0n) is 8.66. The Morgan fingerprint density at radius 3 is 2.67 bits per heavy atom. The topological polar surface area (TPSA) is 43.8 Å². The van der Waals surface area contributed by atoms with Gasteiger partial charge in [-0.3, -0.25) is 4.68 Å². The van der Waals surface area contributed by atoms with Gasteiger partial charge in [0.15, 0.2) is 0 Å². The molecule has 0 amide bonds. The minimum absolute atomic E-state index is 0.700. The van der Waals surface area contributed by atoms with Crippen molar-refractivity contribution in [2.45, 2.75) is 6.92 Å². The van der Waals surface area contributed by atoms with E-state index >= 15 is 0 Å². The molecule has 15 heavy (non-hydrogen) atoms. The maximum atomic E-state index is 5.97. The molecule has 0 aliphatic rings. The van der Waals surface area contributed by atoms with Crippen molar-refractivity contribution in [3.05, 3.63) is 34.4 Å². The number of rotatable bonds is 1. The Labute approximate surface area is 97.0 Å². The van der Waals surface area contributed by atoms with Crippen LogP contribution in [0.2, 0.25) is 0 Å². The second-order valence-corrected chi connectivity index (χ2v) is 4.40. The van der Waals surface area contributed by atoms with Crippen LogP contribution in [-0.2, 0) is 7.05 Å². The summed E-state index contributed by atoms with van der Waals surface area (Å²) in [5.74, 6) is 0.700. The van der Waals surface area contributed by atoms with E-state index in [1.165, 1.54) is 0 Å². The molecule has 0 saturated carbocycles. The first-order chi connectivity index (χ1) is 7.09. The molecule has 0 fully saturated rings. The van der Waals surface area contributed by atoms with Gasteiger partial charge < -0.3 is 5.73 Å². The number of benzene rings is 1. The van der Waals surface area contributed by atoms with E-state index in [9.17, 15) is 0 Å². The second kappa shape index (κ2) is 3.70. The minimum atomic E-state index is 0.700. The number of nitrogens with two attached hydrogens (primary N) is 1. The van der Waals surface area contributed by atoms with Crippen LogP contribution in [0.5, 0.6) is 0 Å². The fourth-order valence-electron chi connectivity index (χ4n) is 1.68. The molecule has 0 bridgehead atoms. The van der Waals surface area contributed by atoms with Crippen LogP contribution < -0.4 is 5.73 Å². The first kappa shape index (κ1) is 10.2. The van der Waals surface area contributed by atoms with Gasteiger partial charge in [0.05, 0.1) is 5.69 Å². The molecule has 2 N–H and O–H groups in total. The summed E-state index contributed by atoms with van der Waals surface area (Å²) in [6, 6.07) is 8.06. The Kier molecular flexibility index (Phi) is 2.52. The van der Waals surface area contributed by atoms with Crippen molar-refractivity contribution >= 4 is 21.7 Å². The number of nitrogen functional groups attached to an aromatic ring is 1. The molecular formula is C11H12BrN3. The molecule has 2 rings (SSSR count). The lowest BCUT2D eigenvalue weighted by atomic mass is 10.1. The van der Waals surface area contributed by atoms with Crippen LogP contribution in [-0.4, -0.2) is 9.78 Å². The summed E-state index contributed by atoms with van der Waals surface area (Å²) in [5, 5.41) is 4.29. The predicted molar refractivity (Wildman–Crippen MR) is 65.5 cm³/mol. The van der Waals surface area contributed by atoms with Gasteiger partial charge in [0.2, 0.25) is 0 Å². The average Bonchev–Trinajstić information content (AvgIpc) is 2.41. The van der Waals surface area contributed by atoms with Gasteiger partial charge >= 0.3 is 0 Å². The Morgan fingerprint density at radius 2 is 2.13 bits per heavy atom. The fourth-order valence-corrected chi connectivity index (χ4v) is 2.08. The van der Waals surface area contributed by atoms with Crippen molar-refractivity contribution in [2.75, 3.05) is 5.73 Å². The highest BCUT2D eigenvalue weighted by Gasteiger charge is 2.11. The summed E-state index contributed by atoms with van der Waals surface area (Å²) in [7, 11) is 1.85. The van der Waals surface area contributed by atoms with E-state index in [0.717, 1.165) is 21.3 Å². The minimum Gasteiger partial charge on any atom is -0.383 e. The number of hydrogen-bond donors (Lipinski definition) is 1. The van der Waals surface area contributed by atoms with Gasteiger partial charge in [0, 0.05) is 17.1 Å². The van der Waals surface area contributed by atoms with Crippen molar-refractivity contribution in [2.24, 2.45) is 7.05 Å². The highest BCUT2D eigenvalue weighted by molar-refractivity contribution is 9.10. The molecule has 0 spiro atoms. The van der Waals surface area contributed by atoms with Crippen molar-refractivity contribution in [3.63, 3.8) is 0 Å². The van der Waals surface area contributed by atoms with Crippen LogP contribution in [0.3, 0.4) is 0 Å². The van der Waals surface area contributed by atoms with Gasteiger partial charge in [-0.25, -0.2) is 0 Å². The van der Waals surface area contributed by atoms with Crippen LogP contribution in [0, 0.1) is 6.92 Å². The normalized spacial score (nSPS) is 10.6. The van der Waals surface area contributed by atoms with Crippen molar-refractivity contribution < 1.29 is 0 Å². The summed E-state index contributed by atoms with van der Waals surface area (Å²) in [4.78, 5) is 0. The predicted octanol–water partition coefficient (Wildman–Crippen LogP) is 2.74. The number of aryl methyl sites for hydroxylation is 2. The fraction of sp³-hybridized carbons (Fsp3) is 0.182. The van der Waals surface area contributed by atoms with Gasteiger partial charge in [0.1, 0.15) is 5.82 Å².